The number of fused-ring (bicyclic) bond motifs is 2. The zero-order valence-electron chi connectivity index (χ0n) is 20.2. The fraction of sp³-hybridized carbons (Fsp3) is 0.346. The van der Waals surface area contributed by atoms with E-state index in [0.29, 0.717) is 24.7 Å². The molecule has 0 bridgehead atoms. The van der Waals surface area contributed by atoms with E-state index in [9.17, 15) is 5.26 Å². The van der Waals surface area contributed by atoms with Crippen molar-refractivity contribution in [2.75, 3.05) is 18.5 Å². The molecule has 0 saturated carbocycles. The fourth-order valence-corrected chi connectivity index (χ4v) is 4.98. The molecule has 2 aromatic heterocycles. The Balaban J connectivity index is 1.42. The van der Waals surface area contributed by atoms with Crippen molar-refractivity contribution in [1.29, 1.82) is 5.26 Å². The zero-order chi connectivity index (χ0) is 24.4. The van der Waals surface area contributed by atoms with E-state index < -0.39 is 8.07 Å². The lowest BCUT2D eigenvalue weighted by Crippen LogP contribution is -2.22. The van der Waals surface area contributed by atoms with Gasteiger partial charge in [0, 0.05) is 37.7 Å². The standard InChI is InChI=1S/C26H29N5O3Si/c1-35(2,3)11-10-32-17-31-23-7-5-19(13-21(23)26(30-31)25-15-28-16-34-25)29-22-8-9-33-24-12-18(14-27)4-6-20(22)24/h4-7,12-13,15-16,22,29H,8-11,17H2,1-3H3. The third-order valence-electron chi connectivity index (χ3n) is 6.15. The van der Waals surface area contributed by atoms with Gasteiger partial charge in [0.2, 0.25) is 0 Å². The Morgan fingerprint density at radius 1 is 1.23 bits per heavy atom. The van der Waals surface area contributed by atoms with Gasteiger partial charge in [0.25, 0.3) is 0 Å². The molecule has 1 N–H and O–H groups in total. The maximum Gasteiger partial charge on any atom is 0.181 e. The maximum atomic E-state index is 9.20. The summed E-state index contributed by atoms with van der Waals surface area (Å²) in [6.45, 7) is 8.74. The Labute approximate surface area is 205 Å². The third-order valence-corrected chi connectivity index (χ3v) is 7.85. The van der Waals surface area contributed by atoms with Crippen LogP contribution in [0.2, 0.25) is 25.7 Å². The molecule has 8 nitrogen and oxygen atoms in total. The van der Waals surface area contributed by atoms with Crippen molar-refractivity contribution in [3.8, 4) is 23.3 Å². The number of hydrogen-bond acceptors (Lipinski definition) is 7. The second-order valence-electron chi connectivity index (χ2n) is 9.99. The van der Waals surface area contributed by atoms with Gasteiger partial charge in [0.05, 0.1) is 36.0 Å². The van der Waals surface area contributed by atoms with Gasteiger partial charge in [-0.05, 0) is 36.4 Å². The summed E-state index contributed by atoms with van der Waals surface area (Å²) < 4.78 is 19.3. The average Bonchev–Trinajstić information content (AvgIpc) is 3.49. The molecular formula is C26H29N5O3Si. The van der Waals surface area contributed by atoms with Crippen molar-refractivity contribution < 1.29 is 13.9 Å². The second-order valence-corrected chi connectivity index (χ2v) is 15.6. The maximum absolute atomic E-state index is 9.20. The van der Waals surface area contributed by atoms with Crippen LogP contribution in [0.15, 0.2) is 53.4 Å². The predicted molar refractivity (Wildman–Crippen MR) is 137 cm³/mol. The minimum absolute atomic E-state index is 0.0811. The van der Waals surface area contributed by atoms with Crippen LogP contribution in [-0.2, 0) is 11.5 Å². The van der Waals surface area contributed by atoms with Crippen LogP contribution < -0.4 is 10.1 Å². The molecule has 1 aliphatic rings. The topological polar surface area (TPSA) is 98.1 Å². The zero-order valence-corrected chi connectivity index (χ0v) is 21.2. The van der Waals surface area contributed by atoms with Crippen LogP contribution in [0, 0.1) is 11.3 Å². The Hall–Kier alpha value is -3.61. The second kappa shape index (κ2) is 9.56. The number of ether oxygens (including phenoxy) is 2. The van der Waals surface area contributed by atoms with Crippen LogP contribution in [-0.4, -0.2) is 36.1 Å². The highest BCUT2D eigenvalue weighted by Crippen LogP contribution is 2.36. The largest absolute Gasteiger partial charge is 0.493 e. The summed E-state index contributed by atoms with van der Waals surface area (Å²) in [6, 6.07) is 15.2. The first kappa shape index (κ1) is 23.1. The molecule has 180 valence electrons. The first-order valence-corrected chi connectivity index (χ1v) is 15.5. The van der Waals surface area contributed by atoms with E-state index in [1.165, 1.54) is 6.39 Å². The number of nitriles is 1. The number of nitrogens with zero attached hydrogens (tertiary/aromatic N) is 4. The number of hydrogen-bond donors (Lipinski definition) is 1. The first-order chi connectivity index (χ1) is 16.9. The lowest BCUT2D eigenvalue weighted by atomic mass is 9.98. The minimum atomic E-state index is -1.16. The van der Waals surface area contributed by atoms with Crippen molar-refractivity contribution in [2.45, 2.75) is 44.9 Å². The van der Waals surface area contributed by atoms with E-state index >= 15 is 0 Å². The summed E-state index contributed by atoms with van der Waals surface area (Å²) in [4.78, 5) is 4.08. The van der Waals surface area contributed by atoms with Crippen LogP contribution in [0.25, 0.3) is 22.4 Å². The molecule has 2 aromatic carbocycles. The summed E-state index contributed by atoms with van der Waals surface area (Å²) in [5.41, 5.74) is 4.33. The predicted octanol–water partition coefficient (Wildman–Crippen LogP) is 5.81. The normalized spacial score (nSPS) is 15.4. The molecule has 0 aliphatic carbocycles. The summed E-state index contributed by atoms with van der Waals surface area (Å²) in [5.74, 6) is 1.38. The minimum Gasteiger partial charge on any atom is -0.493 e. The molecule has 4 aromatic rings. The van der Waals surface area contributed by atoms with Crippen LogP contribution in [0.5, 0.6) is 5.75 Å². The summed E-state index contributed by atoms with van der Waals surface area (Å²) in [7, 11) is -1.16. The smallest absolute Gasteiger partial charge is 0.181 e. The van der Waals surface area contributed by atoms with E-state index in [4.69, 9.17) is 19.0 Å². The summed E-state index contributed by atoms with van der Waals surface area (Å²) in [6.07, 6.45) is 3.93. The van der Waals surface area contributed by atoms with Crippen LogP contribution in [0.4, 0.5) is 5.69 Å². The van der Waals surface area contributed by atoms with Gasteiger partial charge >= 0.3 is 0 Å². The number of aromatic nitrogens is 3. The Morgan fingerprint density at radius 2 is 2.11 bits per heavy atom. The third kappa shape index (κ3) is 5.09. The van der Waals surface area contributed by atoms with Crippen LogP contribution in [0.3, 0.4) is 0 Å². The number of oxazole rings is 1. The van der Waals surface area contributed by atoms with E-state index in [2.05, 4.69) is 54.2 Å². The van der Waals surface area contributed by atoms with E-state index in [-0.39, 0.29) is 6.04 Å². The number of benzene rings is 2. The molecule has 3 heterocycles. The molecule has 0 radical (unpaired) electrons. The number of rotatable bonds is 8. The van der Waals surface area contributed by atoms with E-state index in [1.807, 2.05) is 16.8 Å². The Bertz CT molecular complexity index is 1370. The van der Waals surface area contributed by atoms with Gasteiger partial charge in [0.15, 0.2) is 12.2 Å². The average molecular weight is 488 g/mol. The Kier molecular flexibility index (Phi) is 6.32. The highest BCUT2D eigenvalue weighted by atomic mass is 28.3. The van der Waals surface area contributed by atoms with Gasteiger partial charge in [-0.3, -0.25) is 0 Å². The van der Waals surface area contributed by atoms with Crippen molar-refractivity contribution in [3.05, 3.63) is 60.1 Å². The molecular weight excluding hydrogens is 458 g/mol. The number of anilines is 1. The molecule has 0 fully saturated rings. The van der Waals surface area contributed by atoms with Gasteiger partial charge in [0.1, 0.15) is 18.2 Å². The monoisotopic (exact) mass is 487 g/mol. The van der Waals surface area contributed by atoms with Gasteiger partial charge < -0.3 is 19.2 Å². The van der Waals surface area contributed by atoms with Gasteiger partial charge in [-0.25, -0.2) is 9.67 Å². The summed E-state index contributed by atoms with van der Waals surface area (Å²) in [5, 5.41) is 18.6. The van der Waals surface area contributed by atoms with Gasteiger partial charge in [-0.15, -0.1) is 0 Å². The van der Waals surface area contributed by atoms with Crippen LogP contribution in [0.1, 0.15) is 23.6 Å². The van der Waals surface area contributed by atoms with Crippen molar-refractivity contribution in [1.82, 2.24) is 14.8 Å². The quantitative estimate of drug-likeness (QED) is 0.247. The molecule has 5 rings (SSSR count). The highest BCUT2D eigenvalue weighted by molar-refractivity contribution is 6.76. The van der Waals surface area contributed by atoms with Crippen molar-refractivity contribution >= 4 is 24.7 Å². The number of nitrogens with one attached hydrogen (secondary N) is 1. The summed E-state index contributed by atoms with van der Waals surface area (Å²) >= 11 is 0. The van der Waals surface area contributed by atoms with Gasteiger partial charge in [-0.2, -0.15) is 10.4 Å². The van der Waals surface area contributed by atoms with Gasteiger partial charge in [-0.1, -0.05) is 25.7 Å². The lowest BCUT2D eigenvalue weighted by molar-refractivity contribution is 0.0818. The van der Waals surface area contributed by atoms with Crippen molar-refractivity contribution in [3.63, 3.8) is 0 Å². The lowest BCUT2D eigenvalue weighted by Gasteiger charge is -2.27. The fourth-order valence-electron chi connectivity index (χ4n) is 4.22. The Morgan fingerprint density at radius 3 is 2.89 bits per heavy atom. The van der Waals surface area contributed by atoms with Crippen LogP contribution >= 0.6 is 0 Å². The molecule has 1 aliphatic heterocycles. The molecule has 0 spiro atoms. The molecule has 9 heteroatoms. The molecule has 0 amide bonds. The van der Waals surface area contributed by atoms with Crippen molar-refractivity contribution in [2.24, 2.45) is 0 Å². The molecule has 1 unspecified atom stereocenters. The molecule has 1 atom stereocenters. The highest BCUT2D eigenvalue weighted by Gasteiger charge is 2.23. The van der Waals surface area contributed by atoms with E-state index in [1.54, 1.807) is 12.3 Å². The van der Waals surface area contributed by atoms with E-state index in [0.717, 1.165) is 52.7 Å². The SMILES string of the molecule is C[Si](C)(C)CCOCn1nc(-c2cnco2)c2cc(NC3CCOc4cc(C#N)ccc43)ccc21. The molecule has 0 saturated heterocycles. The first-order valence-electron chi connectivity index (χ1n) is 11.8. The molecule has 35 heavy (non-hydrogen) atoms.